The van der Waals surface area contributed by atoms with E-state index >= 15 is 0 Å². The number of carbonyl (C=O) groups is 1. The van der Waals surface area contributed by atoms with Crippen molar-refractivity contribution in [2.24, 2.45) is 5.92 Å². The lowest BCUT2D eigenvalue weighted by Gasteiger charge is -2.19. The van der Waals surface area contributed by atoms with E-state index in [0.29, 0.717) is 17.2 Å². The van der Waals surface area contributed by atoms with Gasteiger partial charge in [-0.05, 0) is 37.0 Å². The lowest BCUT2D eigenvalue weighted by atomic mass is 10.1. The average Bonchev–Trinajstić information content (AvgIpc) is 2.28. The van der Waals surface area contributed by atoms with E-state index in [9.17, 15) is 4.79 Å². The van der Waals surface area contributed by atoms with E-state index in [4.69, 9.17) is 5.73 Å². The third-order valence-electron chi connectivity index (χ3n) is 2.88. The molecule has 0 heterocycles. The van der Waals surface area contributed by atoms with E-state index in [2.05, 4.69) is 13.8 Å². The maximum Gasteiger partial charge on any atom is 0.253 e. The van der Waals surface area contributed by atoms with Crippen LogP contribution in [-0.4, -0.2) is 24.4 Å². The van der Waals surface area contributed by atoms with Gasteiger partial charge in [0.1, 0.15) is 0 Å². The standard InChI is InChI=1S/C14H22N2O/c1-10(2)7-8-16(4)14(17)13-9-12(15)6-5-11(13)3/h5-6,9-10H,7-8,15H2,1-4H3. The van der Waals surface area contributed by atoms with Gasteiger partial charge in [-0.2, -0.15) is 0 Å². The molecule has 1 aromatic rings. The molecule has 0 unspecified atom stereocenters. The van der Waals surface area contributed by atoms with Crippen LogP contribution in [0.25, 0.3) is 0 Å². The predicted molar refractivity (Wildman–Crippen MR) is 72.0 cm³/mol. The van der Waals surface area contributed by atoms with Crippen molar-refractivity contribution in [1.29, 1.82) is 0 Å². The number of nitrogens with two attached hydrogens (primary N) is 1. The highest BCUT2D eigenvalue weighted by Crippen LogP contribution is 2.15. The van der Waals surface area contributed by atoms with E-state index in [1.54, 1.807) is 11.0 Å². The largest absolute Gasteiger partial charge is 0.399 e. The third kappa shape index (κ3) is 3.77. The predicted octanol–water partition coefficient (Wildman–Crippen LogP) is 2.70. The Balaban J connectivity index is 2.78. The van der Waals surface area contributed by atoms with E-state index in [0.717, 1.165) is 18.5 Å². The molecule has 1 rings (SSSR count). The maximum absolute atomic E-state index is 12.2. The average molecular weight is 234 g/mol. The number of amides is 1. The van der Waals surface area contributed by atoms with Gasteiger partial charge in [-0.15, -0.1) is 0 Å². The number of nitrogens with zero attached hydrogens (tertiary/aromatic N) is 1. The second-order valence-electron chi connectivity index (χ2n) is 4.98. The Morgan fingerprint density at radius 3 is 2.65 bits per heavy atom. The minimum atomic E-state index is 0.0513. The van der Waals surface area contributed by atoms with Crippen molar-refractivity contribution in [1.82, 2.24) is 4.90 Å². The van der Waals surface area contributed by atoms with Gasteiger partial charge in [-0.25, -0.2) is 0 Å². The summed E-state index contributed by atoms with van der Waals surface area (Å²) in [5, 5.41) is 0. The molecule has 1 aromatic carbocycles. The first-order valence-electron chi connectivity index (χ1n) is 6.03. The van der Waals surface area contributed by atoms with Gasteiger partial charge in [0.15, 0.2) is 0 Å². The number of anilines is 1. The Kier molecular flexibility index (Phi) is 4.55. The zero-order chi connectivity index (χ0) is 13.0. The van der Waals surface area contributed by atoms with E-state index in [1.807, 2.05) is 26.1 Å². The molecule has 0 fully saturated rings. The second kappa shape index (κ2) is 5.71. The minimum absolute atomic E-state index is 0.0513. The van der Waals surface area contributed by atoms with Crippen molar-refractivity contribution in [3.8, 4) is 0 Å². The molecule has 3 heteroatoms. The number of nitrogen functional groups attached to an aromatic ring is 1. The van der Waals surface area contributed by atoms with Gasteiger partial charge in [0.2, 0.25) is 0 Å². The first-order valence-corrected chi connectivity index (χ1v) is 6.03. The van der Waals surface area contributed by atoms with E-state index in [-0.39, 0.29) is 5.91 Å². The van der Waals surface area contributed by atoms with Gasteiger partial charge in [-0.3, -0.25) is 4.79 Å². The van der Waals surface area contributed by atoms with Crippen molar-refractivity contribution >= 4 is 11.6 Å². The Hall–Kier alpha value is -1.51. The monoisotopic (exact) mass is 234 g/mol. The lowest BCUT2D eigenvalue weighted by molar-refractivity contribution is 0.0788. The highest BCUT2D eigenvalue weighted by molar-refractivity contribution is 5.96. The minimum Gasteiger partial charge on any atom is -0.399 e. The van der Waals surface area contributed by atoms with Crippen molar-refractivity contribution in [2.45, 2.75) is 27.2 Å². The quantitative estimate of drug-likeness (QED) is 0.814. The van der Waals surface area contributed by atoms with Crippen LogP contribution in [0, 0.1) is 12.8 Å². The fraction of sp³-hybridized carbons (Fsp3) is 0.500. The number of hydrogen-bond donors (Lipinski definition) is 1. The molecule has 0 atom stereocenters. The van der Waals surface area contributed by atoms with E-state index < -0.39 is 0 Å². The van der Waals surface area contributed by atoms with Crippen LogP contribution in [0.1, 0.15) is 36.2 Å². The van der Waals surface area contributed by atoms with Crippen molar-refractivity contribution in [3.05, 3.63) is 29.3 Å². The molecule has 0 saturated heterocycles. The molecule has 0 spiro atoms. The first kappa shape index (κ1) is 13.6. The number of hydrogen-bond acceptors (Lipinski definition) is 2. The molecule has 0 bridgehead atoms. The Labute approximate surface area is 104 Å². The van der Waals surface area contributed by atoms with Gasteiger partial charge in [0.25, 0.3) is 5.91 Å². The first-order chi connectivity index (χ1) is 7.91. The van der Waals surface area contributed by atoms with Crippen LogP contribution in [0.4, 0.5) is 5.69 Å². The number of rotatable bonds is 4. The van der Waals surface area contributed by atoms with Crippen LogP contribution >= 0.6 is 0 Å². The summed E-state index contributed by atoms with van der Waals surface area (Å²) in [6, 6.07) is 5.46. The maximum atomic E-state index is 12.2. The lowest BCUT2D eigenvalue weighted by Crippen LogP contribution is -2.29. The molecular weight excluding hydrogens is 212 g/mol. The van der Waals surface area contributed by atoms with Gasteiger partial charge < -0.3 is 10.6 Å². The molecule has 0 aliphatic carbocycles. The topological polar surface area (TPSA) is 46.3 Å². The smallest absolute Gasteiger partial charge is 0.253 e. The van der Waals surface area contributed by atoms with Gasteiger partial charge in [0, 0.05) is 24.8 Å². The van der Waals surface area contributed by atoms with Crippen molar-refractivity contribution in [2.75, 3.05) is 19.3 Å². The molecule has 0 aliphatic heterocycles. The number of aryl methyl sites for hydroxylation is 1. The van der Waals surface area contributed by atoms with Gasteiger partial charge in [0.05, 0.1) is 0 Å². The van der Waals surface area contributed by atoms with Crippen LogP contribution in [0.3, 0.4) is 0 Å². The number of carbonyl (C=O) groups excluding carboxylic acids is 1. The Morgan fingerprint density at radius 2 is 2.06 bits per heavy atom. The molecule has 94 valence electrons. The zero-order valence-electron chi connectivity index (χ0n) is 11.2. The zero-order valence-corrected chi connectivity index (χ0v) is 11.2. The summed E-state index contributed by atoms with van der Waals surface area (Å²) in [4.78, 5) is 14.0. The van der Waals surface area contributed by atoms with Crippen LogP contribution in [0.5, 0.6) is 0 Å². The summed E-state index contributed by atoms with van der Waals surface area (Å²) in [5.74, 6) is 0.655. The van der Waals surface area contributed by atoms with Crippen LogP contribution in [0.2, 0.25) is 0 Å². The molecule has 0 aromatic heterocycles. The Bertz CT molecular complexity index is 399. The van der Waals surface area contributed by atoms with E-state index in [1.165, 1.54) is 0 Å². The summed E-state index contributed by atoms with van der Waals surface area (Å²) >= 11 is 0. The summed E-state index contributed by atoms with van der Waals surface area (Å²) < 4.78 is 0. The van der Waals surface area contributed by atoms with Crippen LogP contribution in [-0.2, 0) is 0 Å². The summed E-state index contributed by atoms with van der Waals surface area (Å²) in [6.45, 7) is 7.03. The van der Waals surface area contributed by atoms with Crippen LogP contribution in [0.15, 0.2) is 18.2 Å². The molecule has 2 N–H and O–H groups in total. The van der Waals surface area contributed by atoms with Crippen LogP contribution < -0.4 is 5.73 Å². The second-order valence-corrected chi connectivity index (χ2v) is 4.98. The molecule has 3 nitrogen and oxygen atoms in total. The van der Waals surface area contributed by atoms with Gasteiger partial charge in [-0.1, -0.05) is 19.9 Å². The highest BCUT2D eigenvalue weighted by Gasteiger charge is 2.14. The molecule has 0 radical (unpaired) electrons. The highest BCUT2D eigenvalue weighted by atomic mass is 16.2. The molecule has 0 aliphatic rings. The normalized spacial score (nSPS) is 10.6. The Morgan fingerprint density at radius 1 is 1.41 bits per heavy atom. The van der Waals surface area contributed by atoms with Crippen molar-refractivity contribution < 1.29 is 4.79 Å². The SMILES string of the molecule is Cc1ccc(N)cc1C(=O)N(C)CCC(C)C. The third-order valence-corrected chi connectivity index (χ3v) is 2.88. The fourth-order valence-corrected chi connectivity index (χ4v) is 1.63. The number of benzene rings is 1. The fourth-order valence-electron chi connectivity index (χ4n) is 1.63. The molecule has 0 saturated carbocycles. The molecule has 1 amide bonds. The summed E-state index contributed by atoms with van der Waals surface area (Å²) in [5.41, 5.74) is 8.03. The summed E-state index contributed by atoms with van der Waals surface area (Å²) in [7, 11) is 1.84. The molecular formula is C14H22N2O. The van der Waals surface area contributed by atoms with Crippen molar-refractivity contribution in [3.63, 3.8) is 0 Å². The summed E-state index contributed by atoms with van der Waals surface area (Å²) in [6.07, 6.45) is 1.02. The molecule has 17 heavy (non-hydrogen) atoms. The van der Waals surface area contributed by atoms with Gasteiger partial charge >= 0.3 is 0 Å².